The third-order valence-electron chi connectivity index (χ3n) is 4.05. The summed E-state index contributed by atoms with van der Waals surface area (Å²) < 4.78 is 2.27. The second-order valence-electron chi connectivity index (χ2n) is 5.73. The van der Waals surface area contributed by atoms with E-state index in [1.54, 1.807) is 0 Å². The molecule has 0 spiro atoms. The number of para-hydroxylation sites is 2. The Labute approximate surface area is 135 Å². The molecule has 2 aromatic carbocycles. The first-order chi connectivity index (χ1) is 11.3. The molecule has 4 rings (SSSR count). The van der Waals surface area contributed by atoms with Crippen molar-refractivity contribution in [1.82, 2.24) is 14.5 Å². The number of hydrogen-bond donors (Lipinski definition) is 0. The second-order valence-corrected chi connectivity index (χ2v) is 5.73. The number of imidazole rings is 1. The molecule has 0 aliphatic heterocycles. The van der Waals surface area contributed by atoms with Crippen molar-refractivity contribution in [3.8, 4) is 11.4 Å². The van der Waals surface area contributed by atoms with Crippen molar-refractivity contribution in [2.24, 2.45) is 0 Å². The van der Waals surface area contributed by atoms with Crippen molar-refractivity contribution in [2.75, 3.05) is 0 Å². The van der Waals surface area contributed by atoms with Crippen LogP contribution >= 0.6 is 0 Å². The molecule has 0 radical (unpaired) electrons. The number of benzene rings is 2. The number of pyridine rings is 1. The van der Waals surface area contributed by atoms with E-state index in [0.29, 0.717) is 0 Å². The van der Waals surface area contributed by atoms with E-state index < -0.39 is 0 Å². The fourth-order valence-corrected chi connectivity index (χ4v) is 2.83. The van der Waals surface area contributed by atoms with Gasteiger partial charge >= 0.3 is 0 Å². The van der Waals surface area contributed by atoms with E-state index in [9.17, 15) is 0 Å². The van der Waals surface area contributed by atoms with Crippen molar-refractivity contribution < 1.29 is 0 Å². The van der Waals surface area contributed by atoms with Gasteiger partial charge in [-0.25, -0.2) is 4.98 Å². The minimum atomic E-state index is 0.804. The standard InChI is InChI=1S/C20H17N3/c1-15-6-8-16(9-7-15)14-23-19-5-3-2-4-18(19)22-20(23)17-10-12-21-13-11-17/h2-13H,14H2,1H3. The zero-order chi connectivity index (χ0) is 15.6. The molecule has 3 nitrogen and oxygen atoms in total. The third-order valence-corrected chi connectivity index (χ3v) is 4.05. The summed E-state index contributed by atoms with van der Waals surface area (Å²) in [5.74, 6) is 0.981. The van der Waals surface area contributed by atoms with Crippen LogP contribution in [0.25, 0.3) is 22.4 Å². The van der Waals surface area contributed by atoms with Crippen molar-refractivity contribution in [2.45, 2.75) is 13.5 Å². The number of hydrogen-bond acceptors (Lipinski definition) is 2. The van der Waals surface area contributed by atoms with E-state index in [2.05, 4.69) is 58.9 Å². The maximum Gasteiger partial charge on any atom is 0.141 e. The topological polar surface area (TPSA) is 30.7 Å². The lowest BCUT2D eigenvalue weighted by atomic mass is 10.1. The van der Waals surface area contributed by atoms with Gasteiger partial charge in [-0.2, -0.15) is 0 Å². The Kier molecular flexibility index (Phi) is 3.39. The van der Waals surface area contributed by atoms with Crippen LogP contribution in [0.2, 0.25) is 0 Å². The summed E-state index contributed by atoms with van der Waals surface area (Å²) in [5.41, 5.74) is 5.81. The van der Waals surface area contributed by atoms with E-state index in [4.69, 9.17) is 4.98 Å². The largest absolute Gasteiger partial charge is 0.319 e. The summed E-state index contributed by atoms with van der Waals surface area (Å²) in [5, 5.41) is 0. The van der Waals surface area contributed by atoms with Gasteiger partial charge in [0.15, 0.2) is 0 Å². The molecule has 0 saturated heterocycles. The fourth-order valence-electron chi connectivity index (χ4n) is 2.83. The monoisotopic (exact) mass is 299 g/mol. The molecule has 112 valence electrons. The molecular weight excluding hydrogens is 282 g/mol. The number of aromatic nitrogens is 3. The molecule has 2 aromatic heterocycles. The predicted octanol–water partition coefficient (Wildman–Crippen LogP) is 4.46. The van der Waals surface area contributed by atoms with Gasteiger partial charge in [-0.1, -0.05) is 42.0 Å². The summed E-state index contributed by atoms with van der Waals surface area (Å²) in [6.07, 6.45) is 3.62. The SMILES string of the molecule is Cc1ccc(Cn2c(-c3ccncc3)nc3ccccc32)cc1. The zero-order valence-electron chi connectivity index (χ0n) is 13.0. The van der Waals surface area contributed by atoms with Gasteiger partial charge in [-0.05, 0) is 36.8 Å². The number of fused-ring (bicyclic) bond motifs is 1. The Balaban J connectivity index is 1.87. The highest BCUT2D eigenvalue weighted by atomic mass is 15.1. The summed E-state index contributed by atoms with van der Waals surface area (Å²) in [4.78, 5) is 8.94. The van der Waals surface area contributed by atoms with Crippen LogP contribution in [0, 0.1) is 6.92 Å². The summed E-state index contributed by atoms with van der Waals surface area (Å²) >= 11 is 0. The van der Waals surface area contributed by atoms with Gasteiger partial charge in [-0.15, -0.1) is 0 Å². The summed E-state index contributed by atoms with van der Waals surface area (Å²) in [6, 6.07) is 21.0. The fraction of sp³-hybridized carbons (Fsp3) is 0.100. The molecule has 0 aliphatic rings. The molecule has 0 saturated carbocycles. The minimum absolute atomic E-state index is 0.804. The first-order valence-electron chi connectivity index (χ1n) is 7.72. The molecule has 3 heteroatoms. The third kappa shape index (κ3) is 2.61. The maximum absolute atomic E-state index is 4.83. The van der Waals surface area contributed by atoms with E-state index in [1.807, 2.05) is 30.6 Å². The Morgan fingerprint density at radius 2 is 1.61 bits per heavy atom. The maximum atomic E-state index is 4.83. The first kappa shape index (κ1) is 13.7. The first-order valence-corrected chi connectivity index (χ1v) is 7.72. The molecule has 0 fully saturated rings. The second kappa shape index (κ2) is 5.69. The van der Waals surface area contributed by atoms with Crippen LogP contribution in [0.15, 0.2) is 73.1 Å². The Bertz CT molecular complexity index is 938. The van der Waals surface area contributed by atoms with E-state index in [0.717, 1.165) is 29.0 Å². The average molecular weight is 299 g/mol. The highest BCUT2D eigenvalue weighted by Crippen LogP contribution is 2.25. The van der Waals surface area contributed by atoms with Crippen molar-refractivity contribution >= 4 is 11.0 Å². The van der Waals surface area contributed by atoms with Gasteiger partial charge in [0.1, 0.15) is 5.82 Å². The molecule has 0 aliphatic carbocycles. The van der Waals surface area contributed by atoms with Gasteiger partial charge in [0.2, 0.25) is 0 Å². The van der Waals surface area contributed by atoms with Crippen molar-refractivity contribution in [3.05, 3.63) is 84.2 Å². The lowest BCUT2D eigenvalue weighted by Crippen LogP contribution is -2.02. The van der Waals surface area contributed by atoms with Crippen molar-refractivity contribution in [1.29, 1.82) is 0 Å². The van der Waals surface area contributed by atoms with Crippen LogP contribution in [-0.4, -0.2) is 14.5 Å². The predicted molar refractivity (Wildman–Crippen MR) is 93.2 cm³/mol. The molecular formula is C20H17N3. The Morgan fingerprint density at radius 1 is 0.870 bits per heavy atom. The molecule has 4 aromatic rings. The van der Waals surface area contributed by atoms with Gasteiger partial charge < -0.3 is 4.57 Å². The molecule has 0 N–H and O–H groups in total. The Hall–Kier alpha value is -2.94. The summed E-state index contributed by atoms with van der Waals surface area (Å²) in [6.45, 7) is 2.91. The van der Waals surface area contributed by atoms with Gasteiger partial charge in [0.05, 0.1) is 11.0 Å². The van der Waals surface area contributed by atoms with Crippen LogP contribution in [0.1, 0.15) is 11.1 Å². The zero-order valence-corrected chi connectivity index (χ0v) is 13.0. The quantitative estimate of drug-likeness (QED) is 0.559. The van der Waals surface area contributed by atoms with Gasteiger partial charge in [0.25, 0.3) is 0 Å². The van der Waals surface area contributed by atoms with Crippen molar-refractivity contribution in [3.63, 3.8) is 0 Å². The smallest absolute Gasteiger partial charge is 0.141 e. The lowest BCUT2D eigenvalue weighted by molar-refractivity contribution is 0.834. The molecule has 23 heavy (non-hydrogen) atoms. The average Bonchev–Trinajstić information content (AvgIpc) is 2.96. The Morgan fingerprint density at radius 3 is 2.39 bits per heavy atom. The van der Waals surface area contributed by atoms with Crippen LogP contribution in [0.5, 0.6) is 0 Å². The van der Waals surface area contributed by atoms with E-state index in [-0.39, 0.29) is 0 Å². The number of rotatable bonds is 3. The minimum Gasteiger partial charge on any atom is -0.319 e. The number of nitrogens with zero attached hydrogens (tertiary/aromatic N) is 3. The van der Waals surface area contributed by atoms with E-state index in [1.165, 1.54) is 11.1 Å². The van der Waals surface area contributed by atoms with Gasteiger partial charge in [-0.3, -0.25) is 4.98 Å². The molecule has 0 unspecified atom stereocenters. The molecule has 2 heterocycles. The normalized spacial score (nSPS) is 11.0. The van der Waals surface area contributed by atoms with Crippen LogP contribution in [0.4, 0.5) is 0 Å². The highest BCUT2D eigenvalue weighted by Gasteiger charge is 2.12. The van der Waals surface area contributed by atoms with E-state index >= 15 is 0 Å². The molecule has 0 atom stereocenters. The molecule has 0 bridgehead atoms. The van der Waals surface area contributed by atoms with Crippen LogP contribution < -0.4 is 0 Å². The lowest BCUT2D eigenvalue weighted by Gasteiger charge is -2.10. The van der Waals surface area contributed by atoms with Crippen LogP contribution in [-0.2, 0) is 6.54 Å². The highest BCUT2D eigenvalue weighted by molar-refractivity contribution is 5.80. The number of aryl methyl sites for hydroxylation is 1. The summed E-state index contributed by atoms with van der Waals surface area (Å²) in [7, 11) is 0. The van der Waals surface area contributed by atoms with Gasteiger partial charge in [0, 0.05) is 24.5 Å². The van der Waals surface area contributed by atoms with Crippen LogP contribution in [0.3, 0.4) is 0 Å². The molecule has 0 amide bonds.